The molecule has 0 bridgehead atoms. The molecule has 1 aromatic carbocycles. The van der Waals surface area contributed by atoms with Gasteiger partial charge in [0, 0.05) is 38.6 Å². The van der Waals surface area contributed by atoms with Crippen LogP contribution in [0.15, 0.2) is 18.2 Å². The molecule has 0 saturated heterocycles. The third-order valence-corrected chi connectivity index (χ3v) is 4.36. The number of hydrogen-bond donors (Lipinski definition) is 1. The van der Waals surface area contributed by atoms with Gasteiger partial charge < -0.3 is 15.5 Å². The lowest BCUT2D eigenvalue weighted by Gasteiger charge is -2.37. The van der Waals surface area contributed by atoms with Crippen LogP contribution in [-0.2, 0) is 0 Å². The fourth-order valence-corrected chi connectivity index (χ4v) is 3.50. The molecule has 0 spiro atoms. The van der Waals surface area contributed by atoms with E-state index in [2.05, 4.69) is 42.0 Å². The van der Waals surface area contributed by atoms with Crippen LogP contribution in [0.25, 0.3) is 0 Å². The van der Waals surface area contributed by atoms with Gasteiger partial charge >= 0.3 is 0 Å². The molecule has 3 rings (SSSR count). The summed E-state index contributed by atoms with van der Waals surface area (Å²) >= 11 is 0. The van der Waals surface area contributed by atoms with Crippen molar-refractivity contribution in [3.8, 4) is 0 Å². The second-order valence-corrected chi connectivity index (χ2v) is 5.15. The van der Waals surface area contributed by atoms with Gasteiger partial charge in [0.2, 0.25) is 0 Å². The monoisotopic (exact) mass is 231 g/mol. The number of nitrogens with two attached hydrogens (primary N) is 1. The van der Waals surface area contributed by atoms with Crippen molar-refractivity contribution in [2.45, 2.75) is 25.3 Å². The second-order valence-electron chi connectivity index (χ2n) is 5.15. The van der Waals surface area contributed by atoms with Gasteiger partial charge in [-0.15, -0.1) is 0 Å². The number of para-hydroxylation sites is 1. The number of anilines is 2. The summed E-state index contributed by atoms with van der Waals surface area (Å²) in [6, 6.07) is 7.27. The Morgan fingerprint density at radius 3 is 2.88 bits per heavy atom. The molecule has 0 fully saturated rings. The average Bonchev–Trinajstić information content (AvgIpc) is 2.68. The van der Waals surface area contributed by atoms with Gasteiger partial charge in [0.25, 0.3) is 0 Å². The van der Waals surface area contributed by atoms with Gasteiger partial charge in [-0.2, -0.15) is 0 Å². The second kappa shape index (κ2) is 3.91. The Bertz CT molecular complexity index is 429. The normalized spacial score (nSPS) is 26.3. The molecule has 1 unspecified atom stereocenters. The van der Waals surface area contributed by atoms with E-state index in [4.69, 9.17) is 5.73 Å². The molecule has 2 aliphatic rings. The Labute approximate surface area is 103 Å². The van der Waals surface area contributed by atoms with E-state index >= 15 is 0 Å². The molecular weight excluding hydrogens is 210 g/mol. The van der Waals surface area contributed by atoms with Crippen molar-refractivity contribution < 1.29 is 0 Å². The summed E-state index contributed by atoms with van der Waals surface area (Å²) in [6.45, 7) is 5.28. The average molecular weight is 231 g/mol. The van der Waals surface area contributed by atoms with Crippen molar-refractivity contribution in [2.24, 2.45) is 5.73 Å². The standard InChI is InChI=1S/C14H21N3/c1-3-12-11(9-15)10-5-4-6-13-14(10)17(12)8-7-16(13)2/h4-6,11-12H,3,7-9,15H2,1-2H3/t11?,12-/m0/s1. The fourth-order valence-electron chi connectivity index (χ4n) is 3.50. The van der Waals surface area contributed by atoms with Crippen molar-refractivity contribution in [3.05, 3.63) is 23.8 Å². The van der Waals surface area contributed by atoms with Gasteiger partial charge in [-0.1, -0.05) is 19.1 Å². The van der Waals surface area contributed by atoms with Crippen LogP contribution in [0.3, 0.4) is 0 Å². The topological polar surface area (TPSA) is 32.5 Å². The lowest BCUT2D eigenvalue weighted by atomic mass is 9.93. The van der Waals surface area contributed by atoms with Gasteiger partial charge in [-0.05, 0) is 18.1 Å². The van der Waals surface area contributed by atoms with Crippen LogP contribution >= 0.6 is 0 Å². The molecule has 2 aliphatic heterocycles. The van der Waals surface area contributed by atoms with Crippen LogP contribution in [0.2, 0.25) is 0 Å². The van der Waals surface area contributed by atoms with Crippen LogP contribution in [0.5, 0.6) is 0 Å². The minimum atomic E-state index is 0.515. The Kier molecular flexibility index (Phi) is 2.51. The molecule has 1 aromatic rings. The maximum atomic E-state index is 6.00. The largest absolute Gasteiger partial charge is 0.371 e. The molecule has 92 valence electrons. The molecular formula is C14H21N3. The summed E-state index contributed by atoms with van der Waals surface area (Å²) in [7, 11) is 2.18. The van der Waals surface area contributed by atoms with Crippen LogP contribution in [0, 0.1) is 0 Å². The molecule has 0 amide bonds. The number of likely N-dealkylation sites (N-methyl/N-ethyl adjacent to an activating group) is 1. The van der Waals surface area contributed by atoms with Gasteiger partial charge in [-0.25, -0.2) is 0 Å². The number of benzene rings is 1. The summed E-state index contributed by atoms with van der Waals surface area (Å²) in [5.41, 5.74) is 10.3. The Morgan fingerprint density at radius 2 is 2.18 bits per heavy atom. The molecule has 0 saturated carbocycles. The molecule has 0 radical (unpaired) electrons. The quantitative estimate of drug-likeness (QED) is 0.842. The van der Waals surface area contributed by atoms with E-state index in [1.54, 1.807) is 0 Å². The molecule has 17 heavy (non-hydrogen) atoms. The summed E-state index contributed by atoms with van der Waals surface area (Å²) in [5.74, 6) is 0.515. The molecule has 2 atom stereocenters. The van der Waals surface area contributed by atoms with Crippen LogP contribution in [-0.4, -0.2) is 32.7 Å². The zero-order chi connectivity index (χ0) is 12.0. The van der Waals surface area contributed by atoms with Crippen molar-refractivity contribution in [3.63, 3.8) is 0 Å². The Hall–Kier alpha value is -1.22. The first-order valence-corrected chi connectivity index (χ1v) is 6.58. The van der Waals surface area contributed by atoms with E-state index in [-0.39, 0.29) is 0 Å². The lowest BCUT2D eigenvalue weighted by Crippen LogP contribution is -2.43. The SMILES string of the molecule is CC[C@H]1C(CN)c2cccc3c2N1CCN3C. The zero-order valence-corrected chi connectivity index (χ0v) is 10.7. The minimum Gasteiger partial charge on any atom is -0.371 e. The molecule has 0 aliphatic carbocycles. The number of nitrogens with zero attached hydrogens (tertiary/aromatic N) is 2. The van der Waals surface area contributed by atoms with Crippen LogP contribution in [0.4, 0.5) is 11.4 Å². The Morgan fingerprint density at radius 1 is 1.35 bits per heavy atom. The summed E-state index contributed by atoms with van der Waals surface area (Å²) < 4.78 is 0. The first-order valence-electron chi connectivity index (χ1n) is 6.58. The van der Waals surface area contributed by atoms with E-state index in [1.165, 1.54) is 23.4 Å². The first-order chi connectivity index (χ1) is 8.27. The highest BCUT2D eigenvalue weighted by Gasteiger charge is 2.40. The van der Waals surface area contributed by atoms with Crippen molar-refractivity contribution >= 4 is 11.4 Å². The molecule has 3 heteroatoms. The van der Waals surface area contributed by atoms with Gasteiger partial charge in [0.05, 0.1) is 11.4 Å². The highest BCUT2D eigenvalue weighted by Crippen LogP contribution is 2.48. The first kappa shape index (κ1) is 10.9. The van der Waals surface area contributed by atoms with E-state index < -0.39 is 0 Å². The maximum Gasteiger partial charge on any atom is 0.0644 e. The smallest absolute Gasteiger partial charge is 0.0644 e. The van der Waals surface area contributed by atoms with E-state index in [1.807, 2.05) is 0 Å². The Balaban J connectivity index is 2.15. The van der Waals surface area contributed by atoms with Crippen LogP contribution < -0.4 is 15.5 Å². The predicted octanol–water partition coefficient (Wildman–Crippen LogP) is 1.78. The van der Waals surface area contributed by atoms with Crippen LogP contribution in [0.1, 0.15) is 24.8 Å². The third-order valence-electron chi connectivity index (χ3n) is 4.36. The molecule has 2 N–H and O–H groups in total. The summed E-state index contributed by atoms with van der Waals surface area (Å²) in [6.07, 6.45) is 1.18. The minimum absolute atomic E-state index is 0.515. The molecule has 3 nitrogen and oxygen atoms in total. The summed E-state index contributed by atoms with van der Waals surface area (Å²) in [5, 5.41) is 0. The maximum absolute atomic E-state index is 6.00. The predicted molar refractivity (Wildman–Crippen MR) is 72.9 cm³/mol. The third kappa shape index (κ3) is 1.38. The van der Waals surface area contributed by atoms with Gasteiger partial charge in [0.1, 0.15) is 0 Å². The summed E-state index contributed by atoms with van der Waals surface area (Å²) in [4.78, 5) is 4.95. The molecule has 2 heterocycles. The molecule has 0 aromatic heterocycles. The number of hydrogen-bond acceptors (Lipinski definition) is 3. The highest BCUT2D eigenvalue weighted by atomic mass is 15.3. The zero-order valence-electron chi connectivity index (χ0n) is 10.7. The van der Waals surface area contributed by atoms with Gasteiger partial charge in [-0.3, -0.25) is 0 Å². The van der Waals surface area contributed by atoms with Crippen molar-refractivity contribution in [1.82, 2.24) is 0 Å². The fraction of sp³-hybridized carbons (Fsp3) is 0.571. The van der Waals surface area contributed by atoms with Gasteiger partial charge in [0.15, 0.2) is 0 Å². The highest BCUT2D eigenvalue weighted by molar-refractivity contribution is 5.80. The number of rotatable bonds is 2. The van der Waals surface area contributed by atoms with Crippen molar-refractivity contribution in [2.75, 3.05) is 36.5 Å². The lowest BCUT2D eigenvalue weighted by molar-refractivity contribution is 0.512. The van der Waals surface area contributed by atoms with Crippen molar-refractivity contribution in [1.29, 1.82) is 0 Å². The van der Waals surface area contributed by atoms with E-state index in [9.17, 15) is 0 Å². The van der Waals surface area contributed by atoms with E-state index in [0.717, 1.165) is 19.6 Å². The van der Waals surface area contributed by atoms with E-state index in [0.29, 0.717) is 12.0 Å².